The van der Waals surface area contributed by atoms with Crippen molar-refractivity contribution in [2.24, 2.45) is 0 Å². The molecule has 0 N–H and O–H groups in total. The highest BCUT2D eigenvalue weighted by Gasteiger charge is 2.17. The van der Waals surface area contributed by atoms with Crippen LogP contribution in [0.4, 0.5) is 4.39 Å². The highest BCUT2D eigenvalue weighted by Crippen LogP contribution is 2.23. The van der Waals surface area contributed by atoms with Crippen LogP contribution in [0.3, 0.4) is 0 Å². The van der Waals surface area contributed by atoms with E-state index in [1.54, 1.807) is 0 Å². The zero-order valence-corrected chi connectivity index (χ0v) is 14.4. The van der Waals surface area contributed by atoms with Gasteiger partial charge in [-0.1, -0.05) is 90.8 Å². The summed E-state index contributed by atoms with van der Waals surface area (Å²) in [7, 11) is 0. The molecule has 0 aromatic carbocycles. The first kappa shape index (κ1) is 19.7. The van der Waals surface area contributed by atoms with Crippen molar-refractivity contribution in [3.8, 4) is 0 Å². The van der Waals surface area contributed by atoms with Gasteiger partial charge in [-0.3, -0.25) is 0 Å². The Morgan fingerprint density at radius 2 is 1.25 bits per heavy atom. The number of hydrogen-bond donors (Lipinski definition) is 0. The average Bonchev–Trinajstić information content (AvgIpc) is 2.47. The zero-order valence-electron chi connectivity index (χ0n) is 14.4. The Labute approximate surface area is 127 Å². The van der Waals surface area contributed by atoms with Crippen LogP contribution in [0.1, 0.15) is 91.9 Å². The number of unbranched alkanes of at least 4 members (excludes halogenated alkanes) is 7. The Kier molecular flexibility index (Phi) is 13.5. The Morgan fingerprint density at radius 3 is 1.70 bits per heavy atom. The van der Waals surface area contributed by atoms with E-state index in [1.807, 2.05) is 0 Å². The summed E-state index contributed by atoms with van der Waals surface area (Å²) >= 11 is 0. The third-order valence-corrected chi connectivity index (χ3v) is 4.46. The predicted molar refractivity (Wildman–Crippen MR) is 92.4 cm³/mol. The molecule has 0 aliphatic rings. The first-order valence-electron chi connectivity index (χ1n) is 9.08. The summed E-state index contributed by atoms with van der Waals surface area (Å²) in [5.74, 6) is 0.201. The maximum Gasteiger partial charge on any atom is 0.173 e. The Hall–Kier alpha value is -0.265. The van der Waals surface area contributed by atoms with Crippen LogP contribution >= 0.6 is 0 Å². The van der Waals surface area contributed by atoms with Crippen LogP contribution in [-0.2, 0) is 0 Å². The average molecular weight is 282 g/mol. The summed E-state index contributed by atoms with van der Waals surface area (Å²) in [6, 6.07) is 0. The van der Waals surface area contributed by atoms with Crippen molar-refractivity contribution >= 4 is 6.71 Å². The fraction of sp³-hybridized carbons (Fsp3) is 0.889. The molecule has 0 fully saturated rings. The maximum absolute atomic E-state index is 14.2. The molecule has 118 valence electrons. The monoisotopic (exact) mass is 282 g/mol. The summed E-state index contributed by atoms with van der Waals surface area (Å²) in [6.07, 6.45) is 14.0. The maximum atomic E-state index is 14.2. The van der Waals surface area contributed by atoms with Gasteiger partial charge in [0, 0.05) is 0 Å². The molecule has 0 saturated heterocycles. The Morgan fingerprint density at radius 1 is 0.750 bits per heavy atom. The molecular formula is C18H36BF. The number of halogens is 1. The minimum atomic E-state index is 0.201. The molecule has 0 rings (SSSR count). The predicted octanol–water partition coefficient (Wildman–Crippen LogP) is 7.22. The zero-order chi connectivity index (χ0) is 15.2. The van der Waals surface area contributed by atoms with Crippen molar-refractivity contribution in [1.82, 2.24) is 0 Å². The van der Waals surface area contributed by atoms with Crippen molar-refractivity contribution in [3.63, 3.8) is 0 Å². The summed E-state index contributed by atoms with van der Waals surface area (Å²) in [5, 5.41) is 0. The first-order valence-corrected chi connectivity index (χ1v) is 9.08. The molecule has 0 nitrogen and oxygen atoms in total. The third-order valence-electron chi connectivity index (χ3n) is 4.46. The van der Waals surface area contributed by atoms with E-state index in [4.69, 9.17) is 0 Å². The smallest absolute Gasteiger partial charge is 0.173 e. The second-order valence-corrected chi connectivity index (χ2v) is 6.02. The van der Waals surface area contributed by atoms with Gasteiger partial charge in [0.25, 0.3) is 0 Å². The van der Waals surface area contributed by atoms with E-state index < -0.39 is 0 Å². The van der Waals surface area contributed by atoms with Gasteiger partial charge in [0.05, 0.1) is 5.83 Å². The van der Waals surface area contributed by atoms with Crippen LogP contribution in [0.15, 0.2) is 11.3 Å². The van der Waals surface area contributed by atoms with Crippen molar-refractivity contribution in [2.75, 3.05) is 0 Å². The Balaban J connectivity index is 3.86. The summed E-state index contributed by atoms with van der Waals surface area (Å²) in [4.78, 5) is 0. The van der Waals surface area contributed by atoms with Gasteiger partial charge in [0.15, 0.2) is 6.71 Å². The normalized spacial score (nSPS) is 12.4. The van der Waals surface area contributed by atoms with Gasteiger partial charge >= 0.3 is 0 Å². The standard InChI is InChI=1S/C18H36BF/c1-5-9-10-11-12-13-14-15-16-18(20)17(6-2)19(7-3)8-4/h5-16H2,1-4H3/b18-17-. The molecule has 2 heteroatoms. The van der Waals surface area contributed by atoms with E-state index in [9.17, 15) is 4.39 Å². The molecule has 20 heavy (non-hydrogen) atoms. The van der Waals surface area contributed by atoms with E-state index in [0.717, 1.165) is 31.0 Å². The van der Waals surface area contributed by atoms with E-state index in [1.165, 1.54) is 44.9 Å². The molecule has 0 amide bonds. The minimum absolute atomic E-state index is 0.201. The van der Waals surface area contributed by atoms with Gasteiger partial charge in [-0.25, -0.2) is 4.39 Å². The van der Waals surface area contributed by atoms with Gasteiger partial charge in [-0.2, -0.15) is 0 Å². The lowest BCUT2D eigenvalue weighted by Crippen LogP contribution is -2.14. The molecule has 0 aliphatic carbocycles. The minimum Gasteiger partial charge on any atom is -0.213 e. The lowest BCUT2D eigenvalue weighted by atomic mass is 9.40. The van der Waals surface area contributed by atoms with E-state index in [2.05, 4.69) is 27.7 Å². The number of allylic oxidation sites excluding steroid dienone is 2. The SMILES string of the molecule is CCCCCCCCCC/C(F)=C(\CC)B(CC)CC. The van der Waals surface area contributed by atoms with Crippen LogP contribution in [0.25, 0.3) is 0 Å². The third kappa shape index (κ3) is 8.82. The van der Waals surface area contributed by atoms with Crippen LogP contribution in [-0.4, -0.2) is 6.71 Å². The van der Waals surface area contributed by atoms with E-state index >= 15 is 0 Å². The summed E-state index contributed by atoms with van der Waals surface area (Å²) < 4.78 is 14.2. The topological polar surface area (TPSA) is 0 Å². The van der Waals surface area contributed by atoms with Gasteiger partial charge in [0.2, 0.25) is 0 Å². The second-order valence-electron chi connectivity index (χ2n) is 6.02. The van der Waals surface area contributed by atoms with Gasteiger partial charge in [-0.15, -0.1) is 0 Å². The van der Waals surface area contributed by atoms with Crippen molar-refractivity contribution in [2.45, 2.75) is 105 Å². The van der Waals surface area contributed by atoms with Gasteiger partial charge in [0.1, 0.15) is 0 Å². The number of hydrogen-bond acceptors (Lipinski definition) is 0. The molecule has 0 spiro atoms. The van der Waals surface area contributed by atoms with Crippen LogP contribution in [0.2, 0.25) is 12.6 Å². The molecule has 0 bridgehead atoms. The second kappa shape index (κ2) is 13.7. The lowest BCUT2D eigenvalue weighted by molar-refractivity contribution is 0.529. The highest BCUT2D eigenvalue weighted by atomic mass is 19.1. The molecular weight excluding hydrogens is 246 g/mol. The fourth-order valence-corrected chi connectivity index (χ4v) is 3.06. The van der Waals surface area contributed by atoms with Gasteiger partial charge in [-0.05, 0) is 19.3 Å². The van der Waals surface area contributed by atoms with Crippen LogP contribution in [0, 0.1) is 0 Å². The quantitative estimate of drug-likeness (QED) is 0.247. The van der Waals surface area contributed by atoms with Crippen molar-refractivity contribution in [1.29, 1.82) is 0 Å². The molecule has 0 saturated carbocycles. The van der Waals surface area contributed by atoms with Crippen LogP contribution in [0.5, 0.6) is 0 Å². The molecule has 0 heterocycles. The van der Waals surface area contributed by atoms with Crippen molar-refractivity contribution in [3.05, 3.63) is 11.3 Å². The molecule has 0 radical (unpaired) electrons. The summed E-state index contributed by atoms with van der Waals surface area (Å²) in [6.45, 7) is 9.16. The van der Waals surface area contributed by atoms with E-state index in [0.29, 0.717) is 13.1 Å². The molecule has 0 aromatic rings. The first-order chi connectivity index (χ1) is 9.71. The molecule has 0 aliphatic heterocycles. The van der Waals surface area contributed by atoms with Crippen molar-refractivity contribution < 1.29 is 4.39 Å². The van der Waals surface area contributed by atoms with E-state index in [-0.39, 0.29) is 5.83 Å². The molecule has 0 atom stereocenters. The number of rotatable bonds is 13. The molecule has 0 unspecified atom stereocenters. The fourth-order valence-electron chi connectivity index (χ4n) is 3.06. The molecule has 0 aromatic heterocycles. The summed E-state index contributed by atoms with van der Waals surface area (Å²) in [5.41, 5.74) is 1.10. The Bertz CT molecular complexity index is 244. The largest absolute Gasteiger partial charge is 0.213 e. The van der Waals surface area contributed by atoms with Crippen LogP contribution < -0.4 is 0 Å². The van der Waals surface area contributed by atoms with Gasteiger partial charge < -0.3 is 0 Å². The lowest BCUT2D eigenvalue weighted by Gasteiger charge is -2.14. The highest BCUT2D eigenvalue weighted by molar-refractivity contribution is 6.66.